The molecule has 2 rings (SSSR count). The highest BCUT2D eigenvalue weighted by Crippen LogP contribution is 2.30. The van der Waals surface area contributed by atoms with Crippen molar-refractivity contribution in [2.24, 2.45) is 0 Å². The Kier molecular flexibility index (Phi) is 5.89. The molecule has 0 aliphatic rings. The predicted octanol–water partition coefficient (Wildman–Crippen LogP) is 3.83. The van der Waals surface area contributed by atoms with Gasteiger partial charge in [0.2, 0.25) is 0 Å². The topological polar surface area (TPSA) is 101 Å². The quantitative estimate of drug-likeness (QED) is 0.407. The van der Waals surface area contributed by atoms with Crippen LogP contribution < -0.4 is 4.18 Å². The summed E-state index contributed by atoms with van der Waals surface area (Å²) in [6.45, 7) is 6.37. The van der Waals surface area contributed by atoms with E-state index < -0.39 is 39.0 Å². The summed E-state index contributed by atoms with van der Waals surface area (Å²) in [6, 6.07) is 4.15. The average molecular weight is 437 g/mol. The first-order valence-corrected chi connectivity index (χ1v) is 9.64. The second kappa shape index (κ2) is 7.58. The summed E-state index contributed by atoms with van der Waals surface area (Å²) in [6.07, 6.45) is -0.924. The molecule has 0 saturated carbocycles. The first-order chi connectivity index (χ1) is 13.2. The van der Waals surface area contributed by atoms with Gasteiger partial charge in [0.1, 0.15) is 17.0 Å². The third kappa shape index (κ3) is 5.00. The van der Waals surface area contributed by atoms with E-state index >= 15 is 0 Å². The minimum atomic E-state index is -5.88. The highest BCUT2D eigenvalue weighted by molar-refractivity contribution is 7.88. The van der Waals surface area contributed by atoms with Gasteiger partial charge in [0.15, 0.2) is 0 Å². The van der Waals surface area contributed by atoms with Gasteiger partial charge >= 0.3 is 27.7 Å². The van der Waals surface area contributed by atoms with Crippen molar-refractivity contribution < 1.29 is 44.8 Å². The van der Waals surface area contributed by atoms with Crippen molar-refractivity contribution in [2.75, 3.05) is 6.61 Å². The molecule has 0 aliphatic heterocycles. The monoisotopic (exact) mass is 437 g/mol. The maximum atomic E-state index is 12.6. The Morgan fingerprint density at radius 2 is 1.72 bits per heavy atom. The van der Waals surface area contributed by atoms with E-state index in [0.29, 0.717) is 0 Å². The lowest BCUT2D eigenvalue weighted by molar-refractivity contribution is -0.0500. The fourth-order valence-electron chi connectivity index (χ4n) is 2.28. The molecule has 160 valence electrons. The van der Waals surface area contributed by atoms with E-state index in [9.17, 15) is 31.2 Å². The zero-order valence-corrected chi connectivity index (χ0v) is 16.7. The number of ether oxygens (including phenoxy) is 2. The number of carbonyl (C=O) groups excluding carboxylic acids is 2. The Labute approximate surface area is 164 Å². The zero-order valence-electron chi connectivity index (χ0n) is 15.9. The number of nitrogens with zero attached hydrogens (tertiary/aromatic N) is 1. The highest BCUT2D eigenvalue weighted by atomic mass is 32.2. The number of carbonyl (C=O) groups is 2. The van der Waals surface area contributed by atoms with Gasteiger partial charge in [0, 0.05) is 5.39 Å². The summed E-state index contributed by atoms with van der Waals surface area (Å²) in [5.74, 6) is -1.52. The minimum absolute atomic E-state index is 0.00681. The van der Waals surface area contributed by atoms with Gasteiger partial charge in [-0.15, -0.1) is 0 Å². The molecule has 1 aromatic carbocycles. The van der Waals surface area contributed by atoms with Crippen LogP contribution >= 0.6 is 0 Å². The molecule has 0 amide bonds. The van der Waals surface area contributed by atoms with E-state index in [1.165, 1.54) is 0 Å². The molecular formula is C17H18F3NO7S. The molecule has 0 aliphatic carbocycles. The number of hydrogen-bond donors (Lipinski definition) is 0. The number of hydrogen-bond acceptors (Lipinski definition) is 7. The van der Waals surface area contributed by atoms with Crippen molar-refractivity contribution in [3.05, 3.63) is 30.0 Å². The second-order valence-electron chi connectivity index (χ2n) is 6.77. The van der Waals surface area contributed by atoms with Crippen LogP contribution in [0.25, 0.3) is 10.9 Å². The molecular weight excluding hydrogens is 419 g/mol. The van der Waals surface area contributed by atoms with E-state index in [4.69, 9.17) is 9.47 Å². The van der Waals surface area contributed by atoms with Gasteiger partial charge in [-0.05, 0) is 52.0 Å². The van der Waals surface area contributed by atoms with Crippen LogP contribution in [0.1, 0.15) is 38.2 Å². The van der Waals surface area contributed by atoms with E-state index in [1.54, 1.807) is 27.7 Å². The van der Waals surface area contributed by atoms with Crippen LogP contribution in [0.15, 0.2) is 24.3 Å². The molecule has 0 radical (unpaired) electrons. The van der Waals surface area contributed by atoms with Gasteiger partial charge in [-0.1, -0.05) is 0 Å². The third-order valence-electron chi connectivity index (χ3n) is 3.32. The number of rotatable bonds is 4. The fourth-order valence-corrected chi connectivity index (χ4v) is 2.73. The average Bonchev–Trinajstić information content (AvgIpc) is 2.90. The van der Waals surface area contributed by atoms with E-state index in [-0.39, 0.29) is 23.2 Å². The molecule has 29 heavy (non-hydrogen) atoms. The SMILES string of the molecule is CCOC(=O)c1cc2cc(OS(=O)(=O)C(F)(F)F)ccc2n1C(=O)OC(C)(C)C. The van der Waals surface area contributed by atoms with Crippen LogP contribution in [0, 0.1) is 0 Å². The van der Waals surface area contributed by atoms with Gasteiger partial charge in [0.25, 0.3) is 0 Å². The van der Waals surface area contributed by atoms with Crippen LogP contribution in [-0.4, -0.2) is 42.8 Å². The summed E-state index contributed by atoms with van der Waals surface area (Å²) in [5, 5.41) is 0.0637. The summed E-state index contributed by atoms with van der Waals surface area (Å²) >= 11 is 0. The number of aromatic nitrogens is 1. The number of halogens is 3. The predicted molar refractivity (Wildman–Crippen MR) is 95.1 cm³/mol. The second-order valence-corrected chi connectivity index (χ2v) is 8.31. The minimum Gasteiger partial charge on any atom is -0.461 e. The van der Waals surface area contributed by atoms with Gasteiger partial charge in [-0.3, -0.25) is 0 Å². The van der Waals surface area contributed by atoms with Gasteiger partial charge in [-0.2, -0.15) is 21.6 Å². The Morgan fingerprint density at radius 3 is 2.24 bits per heavy atom. The molecule has 2 aromatic rings. The number of alkyl halides is 3. The first-order valence-electron chi connectivity index (χ1n) is 8.23. The molecule has 0 N–H and O–H groups in total. The van der Waals surface area contributed by atoms with E-state index in [2.05, 4.69) is 4.18 Å². The van der Waals surface area contributed by atoms with Crippen LogP contribution in [-0.2, 0) is 19.6 Å². The molecule has 8 nitrogen and oxygen atoms in total. The van der Waals surface area contributed by atoms with Crippen LogP contribution in [0.3, 0.4) is 0 Å². The van der Waals surface area contributed by atoms with Gasteiger partial charge < -0.3 is 13.7 Å². The van der Waals surface area contributed by atoms with Gasteiger partial charge in [0.05, 0.1) is 12.1 Å². The highest BCUT2D eigenvalue weighted by Gasteiger charge is 2.48. The summed E-state index contributed by atoms with van der Waals surface area (Å²) < 4.78 is 75.0. The molecule has 0 unspecified atom stereocenters. The molecule has 0 spiro atoms. The lowest BCUT2D eigenvalue weighted by atomic mass is 10.2. The van der Waals surface area contributed by atoms with Crippen LogP contribution in [0.5, 0.6) is 5.75 Å². The van der Waals surface area contributed by atoms with Crippen molar-refractivity contribution in [2.45, 2.75) is 38.8 Å². The van der Waals surface area contributed by atoms with Crippen molar-refractivity contribution in [1.29, 1.82) is 0 Å². The zero-order chi connectivity index (χ0) is 22.2. The van der Waals surface area contributed by atoms with E-state index in [0.717, 1.165) is 28.8 Å². The molecule has 0 bridgehead atoms. The Morgan fingerprint density at radius 1 is 1.10 bits per heavy atom. The lowest BCUT2D eigenvalue weighted by Crippen LogP contribution is -2.29. The van der Waals surface area contributed by atoms with Gasteiger partial charge in [-0.25, -0.2) is 14.2 Å². The number of benzene rings is 1. The molecule has 0 fully saturated rings. The van der Waals surface area contributed by atoms with Crippen molar-refractivity contribution in [3.63, 3.8) is 0 Å². The normalized spacial score (nSPS) is 12.7. The van der Waals surface area contributed by atoms with E-state index in [1.807, 2.05) is 0 Å². The van der Waals surface area contributed by atoms with Crippen LogP contribution in [0.2, 0.25) is 0 Å². The smallest absolute Gasteiger partial charge is 0.461 e. The Balaban J connectivity index is 2.58. The molecule has 1 aromatic heterocycles. The van der Waals surface area contributed by atoms with Crippen molar-refractivity contribution in [1.82, 2.24) is 4.57 Å². The number of fused-ring (bicyclic) bond motifs is 1. The summed E-state index contributed by atoms with van der Waals surface area (Å²) in [7, 11) is -5.88. The Hall–Kier alpha value is -2.76. The summed E-state index contributed by atoms with van der Waals surface area (Å²) in [4.78, 5) is 24.8. The molecule has 12 heteroatoms. The number of esters is 1. The molecule has 1 heterocycles. The van der Waals surface area contributed by atoms with Crippen molar-refractivity contribution >= 4 is 33.1 Å². The maximum absolute atomic E-state index is 12.6. The van der Waals surface area contributed by atoms with Crippen molar-refractivity contribution in [3.8, 4) is 5.75 Å². The Bertz CT molecular complexity index is 1050. The third-order valence-corrected chi connectivity index (χ3v) is 4.30. The largest absolute Gasteiger partial charge is 0.534 e. The van der Waals surface area contributed by atoms with Crippen LogP contribution in [0.4, 0.5) is 18.0 Å². The first kappa shape index (κ1) is 22.5. The lowest BCUT2D eigenvalue weighted by Gasteiger charge is -2.20. The maximum Gasteiger partial charge on any atom is 0.534 e. The fraction of sp³-hybridized carbons (Fsp3) is 0.412. The standard InChI is InChI=1S/C17H18F3NO7S/c1-5-26-14(22)13-9-10-8-11(28-29(24,25)17(18,19)20)6-7-12(10)21(13)15(23)27-16(2,3)4/h6-9H,5H2,1-4H3. The summed E-state index contributed by atoms with van der Waals surface area (Å²) in [5.41, 5.74) is -6.67. The molecule has 0 atom stereocenters. The molecule has 0 saturated heterocycles.